The number of hydrogen-bond donors (Lipinski definition) is 2. The Morgan fingerprint density at radius 3 is 2.74 bits per heavy atom. The van der Waals surface area contributed by atoms with E-state index in [1.807, 2.05) is 37.1 Å². The zero-order chi connectivity index (χ0) is 14.4. The van der Waals surface area contributed by atoms with Crippen molar-refractivity contribution >= 4 is 11.7 Å². The average Bonchev–Trinajstić information content (AvgIpc) is 2.36. The fraction of sp³-hybridized carbons (Fsp3) is 0.500. The van der Waals surface area contributed by atoms with Crippen LogP contribution in [0.3, 0.4) is 0 Å². The monoisotopic (exact) mass is 267 g/mol. The number of hydrogen-bond acceptors (Lipinski definition) is 4. The van der Waals surface area contributed by atoms with Crippen LogP contribution >= 0.6 is 0 Å². The van der Waals surface area contributed by atoms with E-state index >= 15 is 0 Å². The first kappa shape index (κ1) is 15.3. The summed E-state index contributed by atoms with van der Waals surface area (Å²) in [5, 5.41) is 18.4. The van der Waals surface area contributed by atoms with Crippen molar-refractivity contribution in [3.8, 4) is 5.75 Å². The van der Waals surface area contributed by atoms with Gasteiger partial charge in [0.1, 0.15) is 5.75 Å². The third kappa shape index (κ3) is 4.79. The summed E-state index contributed by atoms with van der Waals surface area (Å²) in [7, 11) is 3.45. The Morgan fingerprint density at radius 2 is 2.16 bits per heavy atom. The van der Waals surface area contributed by atoms with Crippen molar-refractivity contribution in [2.45, 2.75) is 25.9 Å². The molecule has 0 fully saturated rings. The third-order valence-electron chi connectivity index (χ3n) is 2.92. The largest absolute Gasteiger partial charge is 0.495 e. The van der Waals surface area contributed by atoms with Crippen LogP contribution in [0.1, 0.15) is 18.4 Å². The molecule has 0 saturated heterocycles. The Labute approximate surface area is 113 Å². The van der Waals surface area contributed by atoms with Crippen LogP contribution in [-0.4, -0.2) is 43.0 Å². The van der Waals surface area contributed by atoms with Gasteiger partial charge in [-0.15, -0.1) is 0 Å². The highest BCUT2D eigenvalue weighted by Crippen LogP contribution is 2.28. The Kier molecular flexibility index (Phi) is 5.63. The predicted molar refractivity (Wildman–Crippen MR) is 73.9 cm³/mol. The van der Waals surface area contributed by atoms with E-state index in [4.69, 9.17) is 9.84 Å². The van der Waals surface area contributed by atoms with Gasteiger partial charge in [-0.2, -0.15) is 0 Å². The molecule has 0 aromatic heterocycles. The van der Waals surface area contributed by atoms with Crippen LogP contribution in [0.2, 0.25) is 0 Å². The number of anilines is 1. The van der Waals surface area contributed by atoms with Gasteiger partial charge in [0.15, 0.2) is 0 Å². The Hall–Kier alpha value is -1.75. The zero-order valence-corrected chi connectivity index (χ0v) is 11.6. The topological polar surface area (TPSA) is 70.0 Å². The lowest BCUT2D eigenvalue weighted by Crippen LogP contribution is -2.29. The minimum absolute atomic E-state index is 0.0278. The molecule has 0 aliphatic carbocycles. The highest BCUT2D eigenvalue weighted by molar-refractivity contribution is 5.66. The van der Waals surface area contributed by atoms with E-state index in [1.54, 1.807) is 7.11 Å². The van der Waals surface area contributed by atoms with E-state index < -0.39 is 12.1 Å². The molecule has 5 nitrogen and oxygen atoms in total. The van der Waals surface area contributed by atoms with Crippen LogP contribution in [0.4, 0.5) is 5.69 Å². The van der Waals surface area contributed by atoms with Crippen molar-refractivity contribution in [3.63, 3.8) is 0 Å². The minimum atomic E-state index is -0.894. The first-order valence-corrected chi connectivity index (χ1v) is 6.19. The number of nitrogens with zero attached hydrogens (tertiary/aromatic N) is 1. The van der Waals surface area contributed by atoms with E-state index in [1.165, 1.54) is 0 Å². The molecule has 2 N–H and O–H groups in total. The first-order chi connectivity index (χ1) is 8.93. The molecule has 106 valence electrons. The number of benzene rings is 1. The predicted octanol–water partition coefficient (Wildman–Crippen LogP) is 1.67. The van der Waals surface area contributed by atoms with Crippen molar-refractivity contribution in [3.05, 3.63) is 23.8 Å². The maximum Gasteiger partial charge on any atom is 0.303 e. The summed E-state index contributed by atoms with van der Waals surface area (Å²) in [4.78, 5) is 12.3. The molecule has 0 amide bonds. The molecule has 1 unspecified atom stereocenters. The van der Waals surface area contributed by atoms with E-state index in [0.717, 1.165) is 17.0 Å². The summed E-state index contributed by atoms with van der Waals surface area (Å²) in [5.41, 5.74) is 1.99. The van der Waals surface area contributed by atoms with Crippen LogP contribution < -0.4 is 9.64 Å². The lowest BCUT2D eigenvalue weighted by atomic mass is 10.1. The summed E-state index contributed by atoms with van der Waals surface area (Å²) >= 11 is 0. The number of rotatable bonds is 7. The molecule has 0 saturated carbocycles. The molecule has 0 radical (unpaired) electrons. The molecule has 1 atom stereocenters. The molecular formula is C14H21NO4. The van der Waals surface area contributed by atoms with Crippen LogP contribution in [0.15, 0.2) is 18.2 Å². The number of aryl methyl sites for hydroxylation is 1. The minimum Gasteiger partial charge on any atom is -0.495 e. The molecule has 1 aromatic carbocycles. The van der Waals surface area contributed by atoms with Crippen molar-refractivity contribution in [2.24, 2.45) is 0 Å². The van der Waals surface area contributed by atoms with Gasteiger partial charge in [-0.3, -0.25) is 4.79 Å². The number of ether oxygens (including phenoxy) is 1. The number of carbonyl (C=O) groups is 1. The van der Waals surface area contributed by atoms with Crippen LogP contribution in [0.25, 0.3) is 0 Å². The standard InChI is InChI=1S/C14H21NO4/c1-10-4-6-13(19-3)12(8-10)15(2)9-11(16)5-7-14(17)18/h4,6,8,11,16H,5,7,9H2,1-3H3,(H,17,18). The van der Waals surface area contributed by atoms with Gasteiger partial charge in [-0.1, -0.05) is 6.07 Å². The van der Waals surface area contributed by atoms with Crippen LogP contribution in [-0.2, 0) is 4.79 Å². The average molecular weight is 267 g/mol. The number of aliphatic carboxylic acids is 1. The van der Waals surface area contributed by atoms with Gasteiger partial charge < -0.3 is 19.8 Å². The van der Waals surface area contributed by atoms with Crippen molar-refractivity contribution in [1.29, 1.82) is 0 Å². The second kappa shape index (κ2) is 6.99. The molecule has 0 spiro atoms. The van der Waals surface area contributed by atoms with Gasteiger partial charge >= 0.3 is 5.97 Å². The summed E-state index contributed by atoms with van der Waals surface area (Å²) in [6.07, 6.45) is -0.459. The Bertz CT molecular complexity index is 433. The summed E-state index contributed by atoms with van der Waals surface area (Å²) < 4.78 is 5.28. The second-order valence-electron chi connectivity index (χ2n) is 4.64. The van der Waals surface area contributed by atoms with E-state index in [-0.39, 0.29) is 12.8 Å². The molecule has 0 heterocycles. The number of likely N-dealkylation sites (N-methyl/N-ethyl adjacent to an activating group) is 1. The highest BCUT2D eigenvalue weighted by atomic mass is 16.5. The highest BCUT2D eigenvalue weighted by Gasteiger charge is 2.14. The van der Waals surface area contributed by atoms with Gasteiger partial charge in [0.2, 0.25) is 0 Å². The Morgan fingerprint density at radius 1 is 1.47 bits per heavy atom. The summed E-state index contributed by atoms with van der Waals surface area (Å²) in [6.45, 7) is 2.35. The number of carboxylic acids is 1. The third-order valence-corrected chi connectivity index (χ3v) is 2.92. The van der Waals surface area contributed by atoms with E-state index in [9.17, 15) is 9.90 Å². The fourth-order valence-electron chi connectivity index (χ4n) is 1.89. The van der Waals surface area contributed by atoms with Crippen molar-refractivity contribution in [2.75, 3.05) is 25.6 Å². The first-order valence-electron chi connectivity index (χ1n) is 6.19. The van der Waals surface area contributed by atoms with Gasteiger partial charge in [0.25, 0.3) is 0 Å². The Balaban J connectivity index is 2.69. The number of carboxylic acid groups (broad SMARTS) is 1. The molecule has 0 bridgehead atoms. The van der Waals surface area contributed by atoms with Gasteiger partial charge in [-0.25, -0.2) is 0 Å². The number of aliphatic hydroxyl groups is 1. The van der Waals surface area contributed by atoms with Gasteiger partial charge in [-0.05, 0) is 31.0 Å². The molecular weight excluding hydrogens is 246 g/mol. The molecule has 1 aromatic rings. The van der Waals surface area contributed by atoms with Crippen LogP contribution in [0, 0.1) is 6.92 Å². The van der Waals surface area contributed by atoms with Gasteiger partial charge in [0.05, 0.1) is 18.9 Å². The van der Waals surface area contributed by atoms with Crippen molar-refractivity contribution in [1.82, 2.24) is 0 Å². The van der Waals surface area contributed by atoms with E-state index in [2.05, 4.69) is 0 Å². The van der Waals surface area contributed by atoms with Gasteiger partial charge in [0, 0.05) is 20.0 Å². The second-order valence-corrected chi connectivity index (χ2v) is 4.64. The molecule has 0 aliphatic rings. The summed E-state index contributed by atoms with van der Waals surface area (Å²) in [5.74, 6) is -0.159. The maximum atomic E-state index is 10.5. The number of aliphatic hydroxyl groups excluding tert-OH is 1. The number of methoxy groups -OCH3 is 1. The molecule has 1 rings (SSSR count). The normalized spacial score (nSPS) is 12.0. The van der Waals surface area contributed by atoms with E-state index in [0.29, 0.717) is 6.54 Å². The zero-order valence-electron chi connectivity index (χ0n) is 11.6. The molecule has 0 aliphatic heterocycles. The molecule has 5 heteroatoms. The fourth-order valence-corrected chi connectivity index (χ4v) is 1.89. The van der Waals surface area contributed by atoms with Crippen LogP contribution in [0.5, 0.6) is 5.75 Å². The lowest BCUT2D eigenvalue weighted by Gasteiger charge is -2.24. The smallest absolute Gasteiger partial charge is 0.303 e. The quantitative estimate of drug-likeness (QED) is 0.786. The summed E-state index contributed by atoms with van der Waals surface area (Å²) in [6, 6.07) is 5.81. The maximum absolute atomic E-state index is 10.5. The van der Waals surface area contributed by atoms with Crippen molar-refractivity contribution < 1.29 is 19.7 Å². The SMILES string of the molecule is COc1ccc(C)cc1N(C)CC(O)CCC(=O)O. The lowest BCUT2D eigenvalue weighted by molar-refractivity contribution is -0.137. The molecule has 19 heavy (non-hydrogen) atoms.